The fourth-order valence-electron chi connectivity index (χ4n) is 3.55. The topological polar surface area (TPSA) is 29.3 Å². The highest BCUT2D eigenvalue weighted by molar-refractivity contribution is 7.99. The largest absolute Gasteiger partial charge is 0.328 e. The third kappa shape index (κ3) is 2.74. The van der Waals surface area contributed by atoms with E-state index in [0.717, 1.165) is 18.1 Å². The van der Waals surface area contributed by atoms with Gasteiger partial charge in [-0.05, 0) is 38.4 Å². The molecule has 2 N–H and O–H groups in total. The van der Waals surface area contributed by atoms with Gasteiger partial charge in [-0.25, -0.2) is 0 Å². The normalized spacial score (nSPS) is 37.3. The third-order valence-electron chi connectivity index (χ3n) is 4.14. The highest BCUT2D eigenvalue weighted by atomic mass is 32.2. The van der Waals surface area contributed by atoms with Crippen LogP contribution in [0.5, 0.6) is 0 Å². The van der Waals surface area contributed by atoms with E-state index < -0.39 is 0 Å². The van der Waals surface area contributed by atoms with Gasteiger partial charge in [0, 0.05) is 29.9 Å². The Morgan fingerprint density at radius 3 is 2.50 bits per heavy atom. The maximum absolute atomic E-state index is 6.16. The monoisotopic (exact) mass is 242 g/mol. The Morgan fingerprint density at radius 1 is 1.31 bits per heavy atom. The fourth-order valence-corrected chi connectivity index (χ4v) is 4.30. The predicted octanol–water partition coefficient (Wildman–Crippen LogP) is 2.47. The first kappa shape index (κ1) is 12.7. The molecule has 94 valence electrons. The molecule has 2 aliphatic heterocycles. The maximum atomic E-state index is 6.16. The zero-order chi connectivity index (χ0) is 11.5. The van der Waals surface area contributed by atoms with Gasteiger partial charge in [-0.15, -0.1) is 0 Å². The van der Waals surface area contributed by atoms with Crippen molar-refractivity contribution in [3.63, 3.8) is 0 Å². The summed E-state index contributed by atoms with van der Waals surface area (Å²) in [6.45, 7) is 4.66. The van der Waals surface area contributed by atoms with Crippen LogP contribution in [0, 0.1) is 0 Å². The molecule has 0 amide bonds. The Balaban J connectivity index is 1.97. The van der Waals surface area contributed by atoms with Crippen LogP contribution in [0.2, 0.25) is 0 Å². The number of rotatable bonds is 4. The first-order valence-corrected chi connectivity index (χ1v) is 7.98. The Labute approximate surface area is 104 Å². The summed E-state index contributed by atoms with van der Waals surface area (Å²) in [5.41, 5.74) is 6.16. The summed E-state index contributed by atoms with van der Waals surface area (Å²) in [6, 6.07) is 2.79. The van der Waals surface area contributed by atoms with Crippen LogP contribution in [-0.2, 0) is 0 Å². The molecule has 0 spiro atoms. The van der Waals surface area contributed by atoms with Crippen molar-refractivity contribution >= 4 is 11.8 Å². The number of hydrogen-bond donors (Lipinski definition) is 1. The summed E-state index contributed by atoms with van der Waals surface area (Å²) in [5, 5.41) is 0. The Morgan fingerprint density at radius 2 is 1.94 bits per heavy atom. The third-order valence-corrected chi connectivity index (χ3v) is 5.27. The van der Waals surface area contributed by atoms with Crippen LogP contribution in [0.15, 0.2) is 0 Å². The van der Waals surface area contributed by atoms with Crippen molar-refractivity contribution < 1.29 is 0 Å². The average Bonchev–Trinajstić information content (AvgIpc) is 2.24. The maximum Gasteiger partial charge on any atom is 0.0163 e. The lowest BCUT2D eigenvalue weighted by molar-refractivity contribution is 0.00768. The molecule has 2 rings (SSSR count). The fraction of sp³-hybridized carbons (Fsp3) is 1.00. The molecule has 2 aliphatic rings. The zero-order valence-electron chi connectivity index (χ0n) is 10.7. The number of fused-ring (bicyclic) bond motifs is 2. The molecule has 2 nitrogen and oxygen atoms in total. The van der Waals surface area contributed by atoms with Gasteiger partial charge in [0.2, 0.25) is 0 Å². The molecule has 0 saturated carbocycles. The molecule has 0 aromatic heterocycles. The Hall–Kier alpha value is 0.270. The molecule has 0 aromatic rings. The molecule has 0 aliphatic carbocycles. The lowest BCUT2D eigenvalue weighted by Crippen LogP contribution is -2.58. The van der Waals surface area contributed by atoms with E-state index in [-0.39, 0.29) is 0 Å². The van der Waals surface area contributed by atoms with E-state index in [9.17, 15) is 0 Å². The summed E-state index contributed by atoms with van der Waals surface area (Å²) in [4.78, 5) is 2.80. The van der Waals surface area contributed by atoms with Crippen molar-refractivity contribution in [3.05, 3.63) is 0 Å². The van der Waals surface area contributed by atoms with Gasteiger partial charge in [0.1, 0.15) is 0 Å². The second-order valence-corrected chi connectivity index (χ2v) is 6.74. The van der Waals surface area contributed by atoms with E-state index in [2.05, 4.69) is 30.5 Å². The van der Waals surface area contributed by atoms with Crippen molar-refractivity contribution in [2.75, 3.05) is 11.5 Å². The number of nitrogens with zero attached hydrogens (tertiary/aromatic N) is 1. The standard InChI is InChI=1S/C13H26N2S/c1-3-16-9-10(2)15-12-5-4-6-13(15)8-11(14)7-12/h10-13H,3-9,14H2,1-2H3. The molecule has 2 saturated heterocycles. The van der Waals surface area contributed by atoms with Crippen LogP contribution in [0.1, 0.15) is 46.0 Å². The van der Waals surface area contributed by atoms with Gasteiger partial charge >= 0.3 is 0 Å². The molecule has 0 aromatic carbocycles. The van der Waals surface area contributed by atoms with Crippen molar-refractivity contribution in [2.24, 2.45) is 5.73 Å². The number of piperidine rings is 2. The minimum absolute atomic E-state index is 0.470. The van der Waals surface area contributed by atoms with Crippen molar-refractivity contribution in [1.82, 2.24) is 4.90 Å². The van der Waals surface area contributed by atoms with Crippen molar-refractivity contribution in [1.29, 1.82) is 0 Å². The van der Waals surface area contributed by atoms with E-state index in [4.69, 9.17) is 5.73 Å². The molecule has 2 fully saturated rings. The van der Waals surface area contributed by atoms with Crippen LogP contribution in [-0.4, -0.2) is 40.6 Å². The van der Waals surface area contributed by atoms with Gasteiger partial charge in [-0.3, -0.25) is 4.90 Å². The summed E-state index contributed by atoms with van der Waals surface area (Å²) >= 11 is 2.08. The highest BCUT2D eigenvalue weighted by Gasteiger charge is 2.38. The summed E-state index contributed by atoms with van der Waals surface area (Å²) in [7, 11) is 0. The first-order valence-electron chi connectivity index (χ1n) is 6.83. The van der Waals surface area contributed by atoms with Gasteiger partial charge in [0.25, 0.3) is 0 Å². The molecule has 16 heavy (non-hydrogen) atoms. The SMILES string of the molecule is CCSCC(C)N1C2CCCC1CC(N)C2. The zero-order valence-corrected chi connectivity index (χ0v) is 11.5. The summed E-state index contributed by atoms with van der Waals surface area (Å²) < 4.78 is 0. The number of thioether (sulfide) groups is 1. The quantitative estimate of drug-likeness (QED) is 0.821. The smallest absolute Gasteiger partial charge is 0.0163 e. The van der Waals surface area contributed by atoms with Crippen LogP contribution in [0.3, 0.4) is 0 Å². The second kappa shape index (κ2) is 5.74. The van der Waals surface area contributed by atoms with E-state index >= 15 is 0 Å². The van der Waals surface area contributed by atoms with Crippen molar-refractivity contribution in [3.8, 4) is 0 Å². The van der Waals surface area contributed by atoms with Gasteiger partial charge in [0.15, 0.2) is 0 Å². The molecule has 2 heterocycles. The number of hydrogen-bond acceptors (Lipinski definition) is 3. The first-order chi connectivity index (χ1) is 7.72. The lowest BCUT2D eigenvalue weighted by atomic mass is 9.81. The average molecular weight is 242 g/mol. The second-order valence-electron chi connectivity index (χ2n) is 5.43. The van der Waals surface area contributed by atoms with E-state index in [0.29, 0.717) is 6.04 Å². The molecule has 2 bridgehead atoms. The van der Waals surface area contributed by atoms with E-state index in [1.165, 1.54) is 43.6 Å². The van der Waals surface area contributed by atoms with Crippen LogP contribution in [0.4, 0.5) is 0 Å². The molecular formula is C13H26N2S. The molecule has 3 atom stereocenters. The minimum Gasteiger partial charge on any atom is -0.328 e. The Bertz CT molecular complexity index is 208. The van der Waals surface area contributed by atoms with E-state index in [1.807, 2.05) is 0 Å². The van der Waals surface area contributed by atoms with Gasteiger partial charge < -0.3 is 5.73 Å². The van der Waals surface area contributed by atoms with Gasteiger partial charge in [-0.2, -0.15) is 11.8 Å². The van der Waals surface area contributed by atoms with Crippen LogP contribution in [0.25, 0.3) is 0 Å². The Kier molecular flexibility index (Phi) is 4.57. The predicted molar refractivity (Wildman–Crippen MR) is 72.9 cm³/mol. The lowest BCUT2D eigenvalue weighted by Gasteiger charge is -2.51. The van der Waals surface area contributed by atoms with Gasteiger partial charge in [0.05, 0.1) is 0 Å². The van der Waals surface area contributed by atoms with Crippen molar-refractivity contribution in [2.45, 2.75) is 70.1 Å². The van der Waals surface area contributed by atoms with Crippen LogP contribution >= 0.6 is 11.8 Å². The molecule has 0 radical (unpaired) electrons. The highest BCUT2D eigenvalue weighted by Crippen LogP contribution is 2.35. The summed E-state index contributed by atoms with van der Waals surface area (Å²) in [6.07, 6.45) is 6.65. The molecular weight excluding hydrogens is 216 g/mol. The van der Waals surface area contributed by atoms with E-state index in [1.54, 1.807) is 0 Å². The molecule has 3 unspecified atom stereocenters. The minimum atomic E-state index is 0.470. The van der Waals surface area contributed by atoms with Gasteiger partial charge in [-0.1, -0.05) is 13.3 Å². The molecule has 3 heteroatoms. The van der Waals surface area contributed by atoms with Crippen LogP contribution < -0.4 is 5.73 Å². The summed E-state index contributed by atoms with van der Waals surface area (Å²) in [5.74, 6) is 2.53. The number of nitrogens with two attached hydrogens (primary N) is 1.